The lowest BCUT2D eigenvalue weighted by Gasteiger charge is -2.17. The molecule has 23 heavy (non-hydrogen) atoms. The van der Waals surface area contributed by atoms with Crippen molar-refractivity contribution in [2.24, 2.45) is 5.92 Å². The van der Waals surface area contributed by atoms with Crippen molar-refractivity contribution in [1.29, 1.82) is 0 Å². The predicted molar refractivity (Wildman–Crippen MR) is 91.4 cm³/mol. The van der Waals surface area contributed by atoms with E-state index in [0.29, 0.717) is 24.8 Å². The molecule has 1 unspecified atom stereocenters. The first-order chi connectivity index (χ1) is 11.3. The first-order valence-electron chi connectivity index (χ1n) is 8.21. The molecule has 2 aromatic rings. The number of methoxy groups -OCH3 is 1. The molecule has 1 fully saturated rings. The van der Waals surface area contributed by atoms with Crippen LogP contribution in [0, 0.1) is 5.92 Å². The maximum absolute atomic E-state index is 12.4. The Kier molecular flexibility index (Phi) is 4.96. The highest BCUT2D eigenvalue weighted by Crippen LogP contribution is 2.44. The van der Waals surface area contributed by atoms with E-state index in [1.807, 2.05) is 30.3 Å². The van der Waals surface area contributed by atoms with Crippen LogP contribution in [0.1, 0.15) is 36.3 Å². The van der Waals surface area contributed by atoms with Crippen LogP contribution in [0.5, 0.6) is 5.75 Å². The maximum Gasteiger partial charge on any atom is 0.220 e. The van der Waals surface area contributed by atoms with Gasteiger partial charge < -0.3 is 10.1 Å². The van der Waals surface area contributed by atoms with E-state index in [2.05, 4.69) is 29.6 Å². The minimum Gasteiger partial charge on any atom is -0.496 e. The molecule has 1 amide bonds. The highest BCUT2D eigenvalue weighted by molar-refractivity contribution is 5.77. The Bertz CT molecular complexity index is 650. The van der Waals surface area contributed by atoms with Crippen LogP contribution in [0.3, 0.4) is 0 Å². The van der Waals surface area contributed by atoms with Crippen molar-refractivity contribution in [2.45, 2.75) is 31.7 Å². The summed E-state index contributed by atoms with van der Waals surface area (Å²) in [6.07, 6.45) is 3.03. The van der Waals surface area contributed by atoms with Gasteiger partial charge in [-0.2, -0.15) is 0 Å². The molecular weight excluding hydrogens is 286 g/mol. The van der Waals surface area contributed by atoms with E-state index in [-0.39, 0.29) is 5.91 Å². The number of amides is 1. The summed E-state index contributed by atoms with van der Waals surface area (Å²) in [6, 6.07) is 18.2. The van der Waals surface area contributed by atoms with Gasteiger partial charge in [0, 0.05) is 18.5 Å². The minimum absolute atomic E-state index is 0.108. The van der Waals surface area contributed by atoms with E-state index < -0.39 is 0 Å². The van der Waals surface area contributed by atoms with Gasteiger partial charge in [-0.05, 0) is 36.3 Å². The van der Waals surface area contributed by atoms with Crippen molar-refractivity contribution in [3.63, 3.8) is 0 Å². The fourth-order valence-electron chi connectivity index (χ4n) is 3.07. The van der Waals surface area contributed by atoms with E-state index in [9.17, 15) is 4.79 Å². The minimum atomic E-state index is 0.108. The second-order valence-electron chi connectivity index (χ2n) is 6.15. The van der Waals surface area contributed by atoms with Gasteiger partial charge >= 0.3 is 0 Å². The Balaban J connectivity index is 1.60. The molecule has 3 heteroatoms. The fourth-order valence-corrected chi connectivity index (χ4v) is 3.07. The fraction of sp³-hybridized carbons (Fsp3) is 0.350. The Labute approximate surface area is 137 Å². The average Bonchev–Trinajstić information content (AvgIpc) is 3.44. The molecule has 1 atom stereocenters. The lowest BCUT2D eigenvalue weighted by atomic mass is 9.91. The summed E-state index contributed by atoms with van der Waals surface area (Å²) in [7, 11) is 1.65. The SMILES string of the molecule is COc1ccccc1CNC(=O)CC(c1ccccc1)C1CC1. The van der Waals surface area contributed by atoms with Crippen LogP contribution < -0.4 is 10.1 Å². The van der Waals surface area contributed by atoms with Crippen LogP contribution in [0.4, 0.5) is 0 Å². The molecule has 0 aliphatic heterocycles. The van der Waals surface area contributed by atoms with Gasteiger partial charge in [0.05, 0.1) is 7.11 Å². The molecule has 0 aromatic heterocycles. The number of rotatable bonds is 7. The van der Waals surface area contributed by atoms with Gasteiger partial charge in [-0.15, -0.1) is 0 Å². The molecule has 3 nitrogen and oxygen atoms in total. The number of nitrogens with one attached hydrogen (secondary N) is 1. The number of carbonyl (C=O) groups excluding carboxylic acids is 1. The smallest absolute Gasteiger partial charge is 0.220 e. The zero-order chi connectivity index (χ0) is 16.1. The van der Waals surface area contributed by atoms with Crippen LogP contribution in [0.2, 0.25) is 0 Å². The molecule has 0 heterocycles. The third-order valence-corrected chi connectivity index (χ3v) is 4.49. The molecule has 0 saturated heterocycles. The summed E-state index contributed by atoms with van der Waals surface area (Å²) in [6.45, 7) is 0.509. The predicted octanol–water partition coefficient (Wildman–Crippen LogP) is 3.90. The van der Waals surface area contributed by atoms with Gasteiger partial charge in [0.2, 0.25) is 5.91 Å². The zero-order valence-electron chi connectivity index (χ0n) is 13.5. The molecular formula is C20H23NO2. The average molecular weight is 309 g/mol. The molecule has 0 spiro atoms. The van der Waals surface area contributed by atoms with Crippen molar-refractivity contribution in [3.8, 4) is 5.75 Å². The molecule has 1 saturated carbocycles. The molecule has 1 aliphatic rings. The van der Waals surface area contributed by atoms with Crippen molar-refractivity contribution in [1.82, 2.24) is 5.32 Å². The normalized spacial score (nSPS) is 15.0. The Morgan fingerprint density at radius 2 is 1.83 bits per heavy atom. The third kappa shape index (κ3) is 4.13. The standard InChI is InChI=1S/C20H23NO2/c1-23-19-10-6-5-9-17(19)14-21-20(22)13-18(16-11-12-16)15-7-3-2-4-8-15/h2-10,16,18H,11-14H2,1H3,(H,21,22). The molecule has 120 valence electrons. The lowest BCUT2D eigenvalue weighted by molar-refractivity contribution is -0.121. The summed E-state index contributed by atoms with van der Waals surface area (Å²) >= 11 is 0. The molecule has 2 aromatic carbocycles. The first-order valence-corrected chi connectivity index (χ1v) is 8.21. The van der Waals surface area contributed by atoms with E-state index in [4.69, 9.17) is 4.74 Å². The number of benzene rings is 2. The Hall–Kier alpha value is -2.29. The van der Waals surface area contributed by atoms with Crippen LogP contribution in [0.15, 0.2) is 54.6 Å². The molecule has 0 radical (unpaired) electrons. The van der Waals surface area contributed by atoms with Gasteiger partial charge in [-0.3, -0.25) is 4.79 Å². The van der Waals surface area contributed by atoms with Crippen LogP contribution >= 0.6 is 0 Å². The summed E-state index contributed by atoms with van der Waals surface area (Å²) in [4.78, 5) is 12.4. The molecule has 3 rings (SSSR count). The molecule has 1 N–H and O–H groups in total. The van der Waals surface area contributed by atoms with Crippen LogP contribution in [-0.2, 0) is 11.3 Å². The topological polar surface area (TPSA) is 38.3 Å². The quantitative estimate of drug-likeness (QED) is 0.842. The summed E-state index contributed by atoms with van der Waals surface area (Å²) in [5, 5.41) is 3.04. The lowest BCUT2D eigenvalue weighted by Crippen LogP contribution is -2.25. The number of hydrogen-bond acceptors (Lipinski definition) is 2. The second-order valence-corrected chi connectivity index (χ2v) is 6.15. The zero-order valence-corrected chi connectivity index (χ0v) is 13.5. The van der Waals surface area contributed by atoms with Crippen LogP contribution in [0.25, 0.3) is 0 Å². The first kappa shape index (κ1) is 15.6. The van der Waals surface area contributed by atoms with E-state index >= 15 is 0 Å². The Morgan fingerprint density at radius 3 is 2.52 bits per heavy atom. The Morgan fingerprint density at radius 1 is 1.13 bits per heavy atom. The largest absolute Gasteiger partial charge is 0.496 e. The van der Waals surface area contributed by atoms with Gasteiger partial charge in [0.25, 0.3) is 0 Å². The highest BCUT2D eigenvalue weighted by atomic mass is 16.5. The maximum atomic E-state index is 12.4. The monoisotopic (exact) mass is 309 g/mol. The summed E-state index contributed by atoms with van der Waals surface area (Å²) in [5.74, 6) is 1.93. The van der Waals surface area contributed by atoms with Crippen molar-refractivity contribution in [2.75, 3.05) is 7.11 Å². The van der Waals surface area contributed by atoms with Crippen molar-refractivity contribution < 1.29 is 9.53 Å². The third-order valence-electron chi connectivity index (χ3n) is 4.49. The van der Waals surface area contributed by atoms with Crippen LogP contribution in [-0.4, -0.2) is 13.0 Å². The van der Waals surface area contributed by atoms with Gasteiger partial charge in [-0.25, -0.2) is 0 Å². The molecule has 0 bridgehead atoms. The second kappa shape index (κ2) is 7.32. The number of ether oxygens (including phenoxy) is 1. The van der Waals surface area contributed by atoms with Gasteiger partial charge in [0.15, 0.2) is 0 Å². The molecule has 1 aliphatic carbocycles. The summed E-state index contributed by atoms with van der Waals surface area (Å²) in [5.41, 5.74) is 2.29. The van der Waals surface area contributed by atoms with Gasteiger partial charge in [0.1, 0.15) is 5.75 Å². The van der Waals surface area contributed by atoms with E-state index in [0.717, 1.165) is 11.3 Å². The van der Waals surface area contributed by atoms with E-state index in [1.54, 1.807) is 7.11 Å². The highest BCUT2D eigenvalue weighted by Gasteiger charge is 2.33. The number of carbonyl (C=O) groups is 1. The summed E-state index contributed by atoms with van der Waals surface area (Å²) < 4.78 is 5.32. The van der Waals surface area contributed by atoms with Crippen molar-refractivity contribution >= 4 is 5.91 Å². The van der Waals surface area contributed by atoms with Crippen molar-refractivity contribution in [3.05, 3.63) is 65.7 Å². The number of hydrogen-bond donors (Lipinski definition) is 1. The number of para-hydroxylation sites is 1. The van der Waals surface area contributed by atoms with E-state index in [1.165, 1.54) is 18.4 Å². The van der Waals surface area contributed by atoms with Gasteiger partial charge in [-0.1, -0.05) is 48.5 Å².